The van der Waals surface area contributed by atoms with Gasteiger partial charge in [-0.3, -0.25) is 51.7 Å². The Kier molecular flexibility index (Phi) is 39.5. The first-order valence-corrected chi connectivity index (χ1v) is 51.5. The van der Waals surface area contributed by atoms with E-state index < -0.39 is 85.9 Å². The summed E-state index contributed by atoms with van der Waals surface area (Å²) < 4.78 is 180. The summed E-state index contributed by atoms with van der Waals surface area (Å²) in [6, 6.07) is 60.8. The maximum Gasteiger partial charge on any atom is 0.451 e. The van der Waals surface area contributed by atoms with Crippen LogP contribution in [0.3, 0.4) is 0 Å². The van der Waals surface area contributed by atoms with E-state index in [0.717, 1.165) is 61.3 Å². The Morgan fingerprint density at radius 3 is 1.48 bits per heavy atom. The number of anilines is 5. The van der Waals surface area contributed by atoms with Crippen LogP contribution in [-0.2, 0) is 59.0 Å². The van der Waals surface area contributed by atoms with Gasteiger partial charge in [0, 0.05) is 68.5 Å². The first-order valence-electron chi connectivity index (χ1n) is 46.6. The zero-order valence-corrected chi connectivity index (χ0v) is 88.6. The van der Waals surface area contributed by atoms with Crippen LogP contribution in [0.25, 0.3) is 64.4 Å². The molecule has 10 N–H and O–H groups in total. The van der Waals surface area contributed by atoms with E-state index in [2.05, 4.69) is 174 Å². The van der Waals surface area contributed by atoms with E-state index in [1.807, 2.05) is 92.2 Å². The second-order valence-corrected chi connectivity index (χ2v) is 41.7. The fourth-order valence-electron chi connectivity index (χ4n) is 13.5. The molecule has 5 heterocycles. The molecule has 10 aromatic carbocycles. The number of fused-ring (bicyclic) bond motifs is 5. The molecular weight excluding hydrogens is 2060 g/mol. The molecule has 44 heteroatoms. The molecule has 0 spiro atoms. The number of nitrogens with zero attached hydrogens (tertiary/aromatic N) is 10. The molecule has 0 radical (unpaired) electrons. The molecular formula is C105H110Cl3F9N20O9S3. The Labute approximate surface area is 875 Å². The first kappa shape index (κ1) is 116. The lowest BCUT2D eigenvalue weighted by atomic mass is 9.76. The lowest BCUT2D eigenvalue weighted by Gasteiger charge is -2.31. The number of rotatable bonds is 27. The predicted molar refractivity (Wildman–Crippen MR) is 566 cm³/mol. The van der Waals surface area contributed by atoms with Gasteiger partial charge in [-0.25, -0.2) is 62.8 Å². The monoisotopic (exact) mass is 2170 g/mol. The van der Waals surface area contributed by atoms with Crippen LogP contribution in [0.4, 0.5) is 73.1 Å². The number of hydrogen-bond acceptors (Lipinski definition) is 24. The number of aryl methyl sites for hydroxylation is 4. The number of hydrazine groups is 3. The second kappa shape index (κ2) is 50.5. The SMILES string of the molecule is CCC(=O)NS(=O)(=O)c1nc(C)c2ccccc2n1.CCC(C)(C)C.CCC(Oc1ccc(C(C)(C)CC)cc1C(C)(C)CC)C(=O)NNc1nc(C(F)(F)F)nc2ccccc12.Cc1cc(C#N)c(-c2nc3ccccc3s2)cc1Cl.Cc1ccc(Cl)c(NS(=O)(=O)c2ccc(Cl)c(NCCCNC(=O)NNc3nc(C(F)(F)F)nc4ccccc34)c2)c1.Cc1cccc(C(=O)NNc2nc(C(F)(F)F)nc3ccccc23)c1. The Balaban J connectivity index is 0.000000194. The number of alkyl halides is 9. The molecule has 5 aromatic heterocycles. The number of halogens is 12. The van der Waals surface area contributed by atoms with Gasteiger partial charge in [0.1, 0.15) is 10.8 Å². The van der Waals surface area contributed by atoms with Gasteiger partial charge < -0.3 is 15.4 Å². The molecule has 0 saturated heterocycles. The summed E-state index contributed by atoms with van der Waals surface area (Å²) in [7, 11) is -7.98. The van der Waals surface area contributed by atoms with Crippen LogP contribution in [0.5, 0.6) is 5.75 Å². The number of nitrogens with one attached hydrogen (secondary N) is 10. The van der Waals surface area contributed by atoms with E-state index in [1.54, 1.807) is 123 Å². The minimum atomic E-state index is -4.77. The molecule has 1 unspecified atom stereocenters. The Morgan fingerprint density at radius 1 is 0.477 bits per heavy atom. The third-order valence-corrected chi connectivity index (χ3v) is 27.7. The number of nitriles is 1. The topological polar surface area (TPSA) is 406 Å². The third-order valence-electron chi connectivity index (χ3n) is 23.1. The molecule has 0 saturated carbocycles. The van der Waals surface area contributed by atoms with Crippen molar-refractivity contribution in [3.63, 3.8) is 0 Å². The smallest absolute Gasteiger partial charge is 0.451 e. The number of sulfonamides is 2. The van der Waals surface area contributed by atoms with Crippen molar-refractivity contribution in [3.8, 4) is 22.4 Å². The average Bonchev–Trinajstić information content (AvgIpc) is 0.942. The normalized spacial score (nSPS) is 11.9. The van der Waals surface area contributed by atoms with Gasteiger partial charge in [-0.1, -0.05) is 227 Å². The van der Waals surface area contributed by atoms with Gasteiger partial charge in [0.15, 0.2) is 23.6 Å². The van der Waals surface area contributed by atoms with Crippen LogP contribution in [0, 0.1) is 44.4 Å². The van der Waals surface area contributed by atoms with Gasteiger partial charge in [-0.15, -0.1) is 11.3 Å². The van der Waals surface area contributed by atoms with Gasteiger partial charge in [-0.2, -0.15) is 53.2 Å². The minimum Gasteiger partial charge on any atom is -0.480 e. The highest BCUT2D eigenvalue weighted by Gasteiger charge is 2.39. The summed E-state index contributed by atoms with van der Waals surface area (Å²) in [6.45, 7) is 32.9. The van der Waals surface area contributed by atoms with E-state index in [0.29, 0.717) is 74.4 Å². The molecule has 149 heavy (non-hydrogen) atoms. The van der Waals surface area contributed by atoms with Crippen LogP contribution in [0.2, 0.25) is 15.1 Å². The van der Waals surface area contributed by atoms with Gasteiger partial charge in [-0.05, 0) is 202 Å². The van der Waals surface area contributed by atoms with Crippen molar-refractivity contribution in [3.05, 3.63) is 290 Å². The summed E-state index contributed by atoms with van der Waals surface area (Å²) in [5, 5.41) is 18.2. The predicted octanol–water partition coefficient (Wildman–Crippen LogP) is 25.6. The highest BCUT2D eigenvalue weighted by atomic mass is 35.5. The Morgan fingerprint density at radius 2 is 0.973 bits per heavy atom. The van der Waals surface area contributed by atoms with E-state index in [-0.39, 0.29) is 89.0 Å². The highest BCUT2D eigenvalue weighted by Crippen LogP contribution is 2.42. The Hall–Kier alpha value is -14.4. The number of hydrogen-bond donors (Lipinski definition) is 10. The van der Waals surface area contributed by atoms with E-state index in [9.17, 15) is 80.8 Å². The van der Waals surface area contributed by atoms with Crippen molar-refractivity contribution in [1.29, 1.82) is 5.26 Å². The number of carbonyl (C=O) groups is 4. The fourth-order valence-corrected chi connectivity index (χ4v) is 17.1. The summed E-state index contributed by atoms with van der Waals surface area (Å²) in [5.41, 5.74) is 24.4. The van der Waals surface area contributed by atoms with Gasteiger partial charge in [0.2, 0.25) is 23.4 Å². The number of urea groups is 1. The first-order chi connectivity index (χ1) is 70.1. The molecule has 1 atom stereocenters. The molecule has 786 valence electrons. The van der Waals surface area contributed by atoms with Crippen LogP contribution in [-0.4, -0.2) is 105 Å². The number of para-hydroxylation sites is 5. The van der Waals surface area contributed by atoms with Gasteiger partial charge in [0.25, 0.3) is 37.0 Å². The molecule has 15 rings (SSSR count). The van der Waals surface area contributed by atoms with Crippen LogP contribution in [0.15, 0.2) is 222 Å². The quantitative estimate of drug-likeness (QED) is 0.00989. The molecule has 0 aliphatic rings. The van der Waals surface area contributed by atoms with Crippen molar-refractivity contribution in [2.24, 2.45) is 5.41 Å². The number of amides is 5. The van der Waals surface area contributed by atoms with E-state index in [4.69, 9.17) is 39.5 Å². The number of aromatic nitrogens is 9. The minimum absolute atomic E-state index is 0.0157. The van der Waals surface area contributed by atoms with E-state index in [1.165, 1.54) is 60.5 Å². The number of carbonyl (C=O) groups excluding carboxylic acids is 4. The highest BCUT2D eigenvalue weighted by molar-refractivity contribution is 7.92. The second-order valence-electron chi connectivity index (χ2n) is 36.2. The molecule has 29 nitrogen and oxygen atoms in total. The zero-order chi connectivity index (χ0) is 109. The fraction of sp³-hybridized carbons (Fsp3) is 0.295. The van der Waals surface area contributed by atoms with Crippen molar-refractivity contribution in [2.75, 3.05) is 39.4 Å². The van der Waals surface area contributed by atoms with Crippen LogP contribution < -0.4 is 57.4 Å². The molecule has 5 amide bonds. The average molecular weight is 2170 g/mol. The largest absolute Gasteiger partial charge is 0.480 e. The van der Waals surface area contributed by atoms with Crippen molar-refractivity contribution in [1.82, 2.24) is 71.2 Å². The molecule has 0 fully saturated rings. The van der Waals surface area contributed by atoms with Gasteiger partial charge in [0.05, 0.1) is 70.2 Å². The summed E-state index contributed by atoms with van der Waals surface area (Å²) in [4.78, 5) is 82.3. The van der Waals surface area contributed by atoms with Crippen LogP contribution in [0.1, 0.15) is 189 Å². The van der Waals surface area contributed by atoms with Crippen LogP contribution >= 0.6 is 46.1 Å². The lowest BCUT2D eigenvalue weighted by molar-refractivity contribution is -0.145. The Bertz CT molecular complexity index is 7620. The number of thiazole rings is 1. The number of benzene rings is 10. The summed E-state index contributed by atoms with van der Waals surface area (Å²) in [5.74, 6) is -5.39. The van der Waals surface area contributed by atoms with Crippen molar-refractivity contribution < 1.29 is 80.3 Å². The summed E-state index contributed by atoms with van der Waals surface area (Å²) in [6.07, 6.45) is -11.2. The maximum atomic E-state index is 13.3. The molecule has 0 aliphatic carbocycles. The van der Waals surface area contributed by atoms with Crippen molar-refractivity contribution in [2.45, 2.75) is 195 Å². The van der Waals surface area contributed by atoms with Gasteiger partial charge >= 0.3 is 24.6 Å². The zero-order valence-electron chi connectivity index (χ0n) is 83.8. The summed E-state index contributed by atoms with van der Waals surface area (Å²) >= 11 is 20.1. The number of ether oxygens (including phenoxy) is 1. The lowest BCUT2D eigenvalue weighted by Crippen LogP contribution is -2.41. The van der Waals surface area contributed by atoms with E-state index >= 15 is 0 Å². The molecule has 0 aliphatic heterocycles. The molecule has 15 aromatic rings. The molecule has 0 bridgehead atoms. The maximum absolute atomic E-state index is 13.3. The third kappa shape index (κ3) is 32.3. The standard InChI is InChI=1S/C29H37F3N4O2.C26H24Cl2F3N7O3S.C17H13F3N4O.C15H9ClN2S.C12H13N3O3S.C6H14/c1-8-22(38-23-16-15-18(27(4,5)9-2)17-20(23)28(6,7)10-3)25(37)36-35-24-19-13-11-12-14-21(19)33-26(34-24)29(30,31)32;1-15-7-9-19(28)22(13-15)38-42(40,41)16-8-10-18(27)21(14-16)32-11-4-12-33-25(39)37-36-23-17-5-2-3-6-20(17)34-24(35-23)26(29,30)31;1-10-5-4-6-11(9-10)15(25)24-23-14-12-7-2-3-8-13(12)21-16(22-14)17(18,19)20;1-9-6-10(8-17)11(7-12(9)16)15-18-13-4-2-3-5-14(13)19-15;1-3-11(16)15-19(17,18)12-13-8(2)9-6-4-5-7-10(9)14-12;1-5-6(2,3)4/h11-17,22H,8-10H2,1-7H3,(H,36,37)(H,33,34,35);2-3,5-10,13-14,32,38H,4,11-12H2,1H3,(H2,33,37,39)(H,34,35,36);2-9H,1H3,(H,24,25)(H,21,22,23);2-7H,1H3;4-7H,3H2,1-2H3,(H,15,16);5H2,1-4H3. The van der Waals surface area contributed by atoms with Crippen molar-refractivity contribution >= 4 is 173 Å².